The highest BCUT2D eigenvalue weighted by Gasteiger charge is 2.22. The lowest BCUT2D eigenvalue weighted by Crippen LogP contribution is -2.32. The fourth-order valence-electron chi connectivity index (χ4n) is 2.44. The van der Waals surface area contributed by atoms with Gasteiger partial charge >= 0.3 is 0 Å². The minimum Gasteiger partial charge on any atom is -0.497 e. The van der Waals surface area contributed by atoms with Gasteiger partial charge in [-0.25, -0.2) is 0 Å². The number of ether oxygens (including phenoxy) is 1. The maximum atomic E-state index is 9.55. The molecule has 1 heterocycles. The van der Waals surface area contributed by atoms with E-state index < -0.39 is 0 Å². The zero-order valence-electron chi connectivity index (χ0n) is 11.1. The summed E-state index contributed by atoms with van der Waals surface area (Å²) in [6, 6.07) is 8.44. The van der Waals surface area contributed by atoms with E-state index >= 15 is 0 Å². The second-order valence-corrected chi connectivity index (χ2v) is 4.82. The summed E-state index contributed by atoms with van der Waals surface area (Å²) in [6.07, 6.45) is 0.734. The van der Waals surface area contributed by atoms with Crippen molar-refractivity contribution in [3.8, 4) is 5.75 Å². The number of benzene rings is 1. The fourth-order valence-corrected chi connectivity index (χ4v) is 2.44. The van der Waals surface area contributed by atoms with Gasteiger partial charge < -0.3 is 15.2 Å². The molecule has 0 radical (unpaired) electrons. The van der Waals surface area contributed by atoms with Gasteiger partial charge in [0, 0.05) is 25.7 Å². The normalized spacial score (nSPS) is 22.1. The number of β-amino-alcohol motifs (C(OH)–C–C–N with tert-alkyl or cyclic N) is 1. The first-order valence-electron chi connectivity index (χ1n) is 6.44. The van der Waals surface area contributed by atoms with Crippen molar-refractivity contribution in [3.63, 3.8) is 0 Å². The average Bonchev–Trinajstić information content (AvgIpc) is 2.82. The van der Waals surface area contributed by atoms with E-state index in [2.05, 4.69) is 22.3 Å². The van der Waals surface area contributed by atoms with Crippen LogP contribution in [-0.4, -0.2) is 49.9 Å². The zero-order valence-corrected chi connectivity index (χ0v) is 11.1. The molecule has 4 heteroatoms. The Hall–Kier alpha value is -1.10. The summed E-state index contributed by atoms with van der Waals surface area (Å²) in [5.74, 6) is 0.880. The largest absolute Gasteiger partial charge is 0.497 e. The maximum absolute atomic E-state index is 9.55. The van der Waals surface area contributed by atoms with Crippen molar-refractivity contribution in [2.24, 2.45) is 0 Å². The predicted octanol–water partition coefficient (Wildman–Crippen LogP) is 1.02. The molecule has 18 heavy (non-hydrogen) atoms. The number of hydrogen-bond acceptors (Lipinski definition) is 4. The van der Waals surface area contributed by atoms with Gasteiger partial charge in [0.15, 0.2) is 0 Å². The van der Waals surface area contributed by atoms with Crippen LogP contribution in [0.25, 0.3) is 0 Å². The van der Waals surface area contributed by atoms with Crippen molar-refractivity contribution >= 4 is 0 Å². The van der Waals surface area contributed by atoms with Crippen LogP contribution in [0.3, 0.4) is 0 Å². The molecule has 1 aromatic carbocycles. The summed E-state index contributed by atoms with van der Waals surface area (Å²) in [4.78, 5) is 2.30. The summed E-state index contributed by atoms with van der Waals surface area (Å²) in [6.45, 7) is 2.70. The molecular weight excluding hydrogens is 228 g/mol. The lowest BCUT2D eigenvalue weighted by molar-refractivity contribution is 0.173. The lowest BCUT2D eigenvalue weighted by atomic mass is 10.1. The van der Waals surface area contributed by atoms with Crippen molar-refractivity contribution in [1.82, 2.24) is 10.2 Å². The molecule has 0 spiro atoms. The molecule has 0 amide bonds. The Labute approximate surface area is 109 Å². The van der Waals surface area contributed by atoms with E-state index in [1.807, 2.05) is 19.2 Å². The second-order valence-electron chi connectivity index (χ2n) is 4.82. The number of likely N-dealkylation sites (tertiary alicyclic amines) is 1. The predicted molar refractivity (Wildman–Crippen MR) is 71.9 cm³/mol. The third-order valence-corrected chi connectivity index (χ3v) is 3.55. The molecule has 0 aliphatic carbocycles. The van der Waals surface area contributed by atoms with Crippen LogP contribution in [-0.2, 0) is 0 Å². The number of aliphatic hydroxyl groups is 1. The number of likely N-dealkylation sites (N-methyl/N-ethyl adjacent to an activating group) is 1. The van der Waals surface area contributed by atoms with Crippen molar-refractivity contribution in [1.29, 1.82) is 0 Å². The molecule has 0 bridgehead atoms. The van der Waals surface area contributed by atoms with E-state index in [1.165, 1.54) is 5.56 Å². The highest BCUT2D eigenvalue weighted by Crippen LogP contribution is 2.20. The van der Waals surface area contributed by atoms with E-state index in [9.17, 15) is 5.11 Å². The number of nitrogens with zero attached hydrogens (tertiary/aromatic N) is 1. The minimum absolute atomic E-state index is 0.154. The van der Waals surface area contributed by atoms with Crippen molar-refractivity contribution < 1.29 is 9.84 Å². The Balaban J connectivity index is 1.98. The van der Waals surface area contributed by atoms with Crippen LogP contribution < -0.4 is 10.1 Å². The molecule has 2 rings (SSSR count). The van der Waals surface area contributed by atoms with Crippen molar-refractivity contribution in [3.05, 3.63) is 29.8 Å². The minimum atomic E-state index is -0.154. The summed E-state index contributed by atoms with van der Waals surface area (Å²) in [5, 5.41) is 12.9. The molecule has 1 fully saturated rings. The van der Waals surface area contributed by atoms with Gasteiger partial charge in [-0.15, -0.1) is 0 Å². The van der Waals surface area contributed by atoms with Crippen LogP contribution in [0.5, 0.6) is 5.75 Å². The van der Waals surface area contributed by atoms with Crippen LogP contribution in [0.15, 0.2) is 24.3 Å². The smallest absolute Gasteiger partial charge is 0.118 e. The Kier molecular flexibility index (Phi) is 4.58. The first-order valence-corrected chi connectivity index (χ1v) is 6.44. The molecule has 0 saturated carbocycles. The fraction of sp³-hybridized carbons (Fsp3) is 0.571. The van der Waals surface area contributed by atoms with Gasteiger partial charge in [-0.1, -0.05) is 12.1 Å². The first kappa shape index (κ1) is 13.3. The number of nitrogens with one attached hydrogen (secondary N) is 1. The molecule has 1 aromatic rings. The highest BCUT2D eigenvalue weighted by atomic mass is 16.5. The van der Waals surface area contributed by atoms with E-state index in [0.29, 0.717) is 6.04 Å². The van der Waals surface area contributed by atoms with E-state index in [1.54, 1.807) is 7.11 Å². The van der Waals surface area contributed by atoms with Crippen LogP contribution in [0.4, 0.5) is 0 Å². The van der Waals surface area contributed by atoms with E-state index in [0.717, 1.165) is 31.8 Å². The summed E-state index contributed by atoms with van der Waals surface area (Å²) in [7, 11) is 3.65. The monoisotopic (exact) mass is 250 g/mol. The summed E-state index contributed by atoms with van der Waals surface area (Å²) < 4.78 is 5.17. The topological polar surface area (TPSA) is 44.7 Å². The molecule has 1 aliphatic rings. The van der Waals surface area contributed by atoms with Gasteiger partial charge in [0.1, 0.15) is 5.75 Å². The summed E-state index contributed by atoms with van der Waals surface area (Å²) >= 11 is 0. The zero-order chi connectivity index (χ0) is 13.0. The van der Waals surface area contributed by atoms with Crippen LogP contribution in [0.2, 0.25) is 0 Å². The van der Waals surface area contributed by atoms with Crippen molar-refractivity contribution in [2.45, 2.75) is 18.6 Å². The molecule has 1 saturated heterocycles. The Morgan fingerprint density at radius 3 is 2.67 bits per heavy atom. The molecular formula is C14H22N2O2. The molecule has 4 nitrogen and oxygen atoms in total. The molecule has 2 atom stereocenters. The molecule has 1 aliphatic heterocycles. The standard InChI is InChI=1S/C14H22N2O2/c1-15-14(10-16-8-7-12(17)9-16)11-3-5-13(18-2)6-4-11/h3-6,12,14-15,17H,7-10H2,1-2H3/t12-,14+/m0/s1. The van der Waals surface area contributed by atoms with Gasteiger partial charge in [-0.2, -0.15) is 0 Å². The first-order chi connectivity index (χ1) is 8.72. The van der Waals surface area contributed by atoms with Gasteiger partial charge in [0.05, 0.1) is 13.2 Å². The van der Waals surface area contributed by atoms with Crippen LogP contribution >= 0.6 is 0 Å². The Morgan fingerprint density at radius 2 is 2.17 bits per heavy atom. The van der Waals surface area contributed by atoms with E-state index in [-0.39, 0.29) is 6.10 Å². The molecule has 0 aromatic heterocycles. The second kappa shape index (κ2) is 6.18. The Bertz CT molecular complexity index is 367. The molecule has 100 valence electrons. The number of hydrogen-bond donors (Lipinski definition) is 2. The quantitative estimate of drug-likeness (QED) is 0.819. The number of aliphatic hydroxyl groups excluding tert-OH is 1. The van der Waals surface area contributed by atoms with Gasteiger partial charge in [-0.05, 0) is 31.2 Å². The van der Waals surface area contributed by atoms with Crippen LogP contribution in [0.1, 0.15) is 18.0 Å². The highest BCUT2D eigenvalue weighted by molar-refractivity contribution is 5.29. The van der Waals surface area contributed by atoms with Gasteiger partial charge in [0.25, 0.3) is 0 Å². The van der Waals surface area contributed by atoms with E-state index in [4.69, 9.17) is 4.74 Å². The average molecular weight is 250 g/mol. The van der Waals surface area contributed by atoms with Gasteiger partial charge in [0.2, 0.25) is 0 Å². The molecule has 0 unspecified atom stereocenters. The third kappa shape index (κ3) is 3.22. The Morgan fingerprint density at radius 1 is 1.44 bits per heavy atom. The molecule has 2 N–H and O–H groups in total. The van der Waals surface area contributed by atoms with Gasteiger partial charge in [-0.3, -0.25) is 4.90 Å². The van der Waals surface area contributed by atoms with Crippen LogP contribution in [0, 0.1) is 0 Å². The third-order valence-electron chi connectivity index (χ3n) is 3.55. The number of methoxy groups -OCH3 is 1. The number of rotatable bonds is 5. The SMILES string of the molecule is CN[C@H](CN1CC[C@H](O)C1)c1ccc(OC)cc1. The van der Waals surface area contributed by atoms with Crippen molar-refractivity contribution in [2.75, 3.05) is 33.8 Å². The lowest BCUT2D eigenvalue weighted by Gasteiger charge is -2.23. The maximum Gasteiger partial charge on any atom is 0.118 e. The summed E-state index contributed by atoms with van der Waals surface area (Å²) in [5.41, 5.74) is 1.25.